The Labute approximate surface area is 163 Å². The van der Waals surface area contributed by atoms with Crippen LogP contribution in [0, 0.1) is 11.6 Å². The standard InChI is InChI=1S/C21H25F2N3O2/c1-28-19-6-2-15(3-7-19)13-25-21(27)26(18-8-10-24-11-9-18)14-16-4-5-17(22)12-20(16)23/h2-7,12,18,24H,8-11,13-14H2,1H3,(H,25,27). The number of rotatable bonds is 6. The molecule has 150 valence electrons. The lowest BCUT2D eigenvalue weighted by Gasteiger charge is -2.35. The molecule has 3 rings (SSSR count). The van der Waals surface area contributed by atoms with Crippen LogP contribution in [0.2, 0.25) is 0 Å². The summed E-state index contributed by atoms with van der Waals surface area (Å²) in [5, 5.41) is 6.18. The van der Waals surface area contributed by atoms with E-state index in [1.807, 2.05) is 24.3 Å². The molecular formula is C21H25F2N3O2. The molecule has 2 N–H and O–H groups in total. The van der Waals surface area contributed by atoms with Gasteiger partial charge in [0.2, 0.25) is 0 Å². The van der Waals surface area contributed by atoms with E-state index in [0.717, 1.165) is 43.3 Å². The molecule has 2 aromatic carbocycles. The van der Waals surface area contributed by atoms with Crippen molar-refractivity contribution in [3.8, 4) is 5.75 Å². The van der Waals surface area contributed by atoms with Gasteiger partial charge in [-0.15, -0.1) is 0 Å². The van der Waals surface area contributed by atoms with Gasteiger partial charge in [-0.3, -0.25) is 0 Å². The van der Waals surface area contributed by atoms with Crippen molar-refractivity contribution in [1.82, 2.24) is 15.5 Å². The summed E-state index contributed by atoms with van der Waals surface area (Å²) in [4.78, 5) is 14.5. The van der Waals surface area contributed by atoms with E-state index in [0.29, 0.717) is 12.1 Å². The van der Waals surface area contributed by atoms with Crippen LogP contribution in [0.25, 0.3) is 0 Å². The summed E-state index contributed by atoms with van der Waals surface area (Å²) in [6.45, 7) is 2.07. The molecular weight excluding hydrogens is 364 g/mol. The number of piperidine rings is 1. The highest BCUT2D eigenvalue weighted by Crippen LogP contribution is 2.19. The van der Waals surface area contributed by atoms with Crippen molar-refractivity contribution in [2.45, 2.75) is 32.0 Å². The number of amides is 2. The lowest BCUT2D eigenvalue weighted by molar-refractivity contribution is 0.153. The highest BCUT2D eigenvalue weighted by atomic mass is 19.1. The smallest absolute Gasteiger partial charge is 0.318 e. The first-order chi connectivity index (χ1) is 13.6. The summed E-state index contributed by atoms with van der Waals surface area (Å²) in [5.41, 5.74) is 1.24. The van der Waals surface area contributed by atoms with Crippen molar-refractivity contribution in [2.75, 3.05) is 20.2 Å². The van der Waals surface area contributed by atoms with Crippen molar-refractivity contribution < 1.29 is 18.3 Å². The van der Waals surface area contributed by atoms with Gasteiger partial charge in [-0.25, -0.2) is 13.6 Å². The van der Waals surface area contributed by atoms with E-state index in [9.17, 15) is 13.6 Å². The van der Waals surface area contributed by atoms with Gasteiger partial charge in [-0.2, -0.15) is 0 Å². The molecule has 2 amide bonds. The topological polar surface area (TPSA) is 53.6 Å². The van der Waals surface area contributed by atoms with Crippen LogP contribution in [-0.2, 0) is 13.1 Å². The molecule has 0 aliphatic carbocycles. The maximum atomic E-state index is 14.1. The van der Waals surface area contributed by atoms with Crippen molar-refractivity contribution in [3.63, 3.8) is 0 Å². The molecule has 0 unspecified atom stereocenters. The van der Waals surface area contributed by atoms with E-state index >= 15 is 0 Å². The number of nitrogens with zero attached hydrogens (tertiary/aromatic N) is 1. The average molecular weight is 389 g/mol. The van der Waals surface area contributed by atoms with Gasteiger partial charge in [0.25, 0.3) is 0 Å². The molecule has 0 spiro atoms. The van der Waals surface area contributed by atoms with Crippen LogP contribution in [0.1, 0.15) is 24.0 Å². The Morgan fingerprint density at radius 3 is 2.54 bits per heavy atom. The normalized spacial score (nSPS) is 14.5. The fraction of sp³-hybridized carbons (Fsp3) is 0.381. The molecule has 0 bridgehead atoms. The highest BCUT2D eigenvalue weighted by Gasteiger charge is 2.26. The van der Waals surface area contributed by atoms with Crippen LogP contribution in [0.4, 0.5) is 13.6 Å². The summed E-state index contributed by atoms with van der Waals surface area (Å²) in [5.74, 6) is -0.515. The number of carbonyl (C=O) groups is 1. The van der Waals surface area contributed by atoms with E-state index in [4.69, 9.17) is 4.74 Å². The zero-order valence-corrected chi connectivity index (χ0v) is 15.9. The number of hydrogen-bond donors (Lipinski definition) is 2. The highest BCUT2D eigenvalue weighted by molar-refractivity contribution is 5.74. The number of halogens is 2. The third-order valence-corrected chi connectivity index (χ3v) is 4.97. The largest absolute Gasteiger partial charge is 0.497 e. The number of benzene rings is 2. The summed E-state index contributed by atoms with van der Waals surface area (Å²) in [6, 6.07) is 10.6. The van der Waals surface area contributed by atoms with Crippen molar-refractivity contribution >= 4 is 6.03 Å². The predicted octanol–water partition coefficient (Wildman–Crippen LogP) is 3.44. The number of carbonyl (C=O) groups excluding carboxylic acids is 1. The van der Waals surface area contributed by atoms with Crippen LogP contribution >= 0.6 is 0 Å². The second-order valence-corrected chi connectivity index (χ2v) is 6.85. The Kier molecular flexibility index (Phi) is 6.81. The summed E-state index contributed by atoms with van der Waals surface area (Å²) < 4.78 is 32.5. The lowest BCUT2D eigenvalue weighted by Crippen LogP contribution is -2.49. The maximum Gasteiger partial charge on any atom is 0.318 e. The van der Waals surface area contributed by atoms with E-state index in [-0.39, 0.29) is 18.6 Å². The van der Waals surface area contributed by atoms with E-state index in [2.05, 4.69) is 10.6 Å². The monoisotopic (exact) mass is 389 g/mol. The third-order valence-electron chi connectivity index (χ3n) is 4.97. The van der Waals surface area contributed by atoms with Gasteiger partial charge >= 0.3 is 6.03 Å². The summed E-state index contributed by atoms with van der Waals surface area (Å²) >= 11 is 0. The van der Waals surface area contributed by atoms with E-state index in [1.165, 1.54) is 12.1 Å². The Morgan fingerprint density at radius 1 is 1.18 bits per heavy atom. The first kappa shape index (κ1) is 20.1. The van der Waals surface area contributed by atoms with Gasteiger partial charge in [-0.05, 0) is 49.7 Å². The van der Waals surface area contributed by atoms with Crippen LogP contribution in [-0.4, -0.2) is 37.2 Å². The first-order valence-electron chi connectivity index (χ1n) is 9.39. The van der Waals surface area contributed by atoms with Crippen LogP contribution in [0.15, 0.2) is 42.5 Å². The Balaban J connectivity index is 1.70. The molecule has 1 aliphatic rings. The number of ether oxygens (including phenoxy) is 1. The number of hydrogen-bond acceptors (Lipinski definition) is 3. The fourth-order valence-electron chi connectivity index (χ4n) is 3.34. The van der Waals surface area contributed by atoms with Crippen LogP contribution < -0.4 is 15.4 Å². The average Bonchev–Trinajstić information content (AvgIpc) is 2.72. The number of nitrogens with one attached hydrogen (secondary N) is 2. The second-order valence-electron chi connectivity index (χ2n) is 6.85. The van der Waals surface area contributed by atoms with Gasteiger partial charge in [-0.1, -0.05) is 18.2 Å². The zero-order chi connectivity index (χ0) is 19.9. The quantitative estimate of drug-likeness (QED) is 0.796. The summed E-state index contributed by atoms with van der Waals surface area (Å²) in [7, 11) is 1.60. The molecule has 7 heteroatoms. The molecule has 0 radical (unpaired) electrons. The van der Waals surface area contributed by atoms with Gasteiger partial charge in [0, 0.05) is 24.2 Å². The van der Waals surface area contributed by atoms with Crippen molar-refractivity contribution in [1.29, 1.82) is 0 Å². The van der Waals surface area contributed by atoms with Crippen molar-refractivity contribution in [2.24, 2.45) is 0 Å². The van der Waals surface area contributed by atoms with Gasteiger partial charge < -0.3 is 20.3 Å². The molecule has 1 aliphatic heterocycles. The maximum absolute atomic E-state index is 14.1. The SMILES string of the molecule is COc1ccc(CNC(=O)N(Cc2ccc(F)cc2F)C2CCNCC2)cc1. The molecule has 1 heterocycles. The number of urea groups is 1. The molecule has 28 heavy (non-hydrogen) atoms. The van der Waals surface area contributed by atoms with Gasteiger partial charge in [0.15, 0.2) is 0 Å². The van der Waals surface area contributed by atoms with E-state index in [1.54, 1.807) is 12.0 Å². The molecule has 1 saturated heterocycles. The minimum absolute atomic E-state index is 0.00145. The zero-order valence-electron chi connectivity index (χ0n) is 15.9. The first-order valence-corrected chi connectivity index (χ1v) is 9.39. The number of methoxy groups -OCH3 is 1. The summed E-state index contributed by atoms with van der Waals surface area (Å²) in [6.07, 6.45) is 1.58. The molecule has 1 fully saturated rings. The van der Waals surface area contributed by atoms with Crippen LogP contribution in [0.5, 0.6) is 5.75 Å². The third kappa shape index (κ3) is 5.19. The lowest BCUT2D eigenvalue weighted by atomic mass is 10.0. The Morgan fingerprint density at radius 2 is 1.89 bits per heavy atom. The second kappa shape index (κ2) is 9.50. The van der Waals surface area contributed by atoms with Crippen LogP contribution in [0.3, 0.4) is 0 Å². The Bertz CT molecular complexity index is 793. The molecule has 0 saturated carbocycles. The minimum atomic E-state index is -0.637. The van der Waals surface area contributed by atoms with E-state index < -0.39 is 11.6 Å². The molecule has 2 aromatic rings. The van der Waals surface area contributed by atoms with Gasteiger partial charge in [0.1, 0.15) is 17.4 Å². The minimum Gasteiger partial charge on any atom is -0.497 e. The van der Waals surface area contributed by atoms with Gasteiger partial charge in [0.05, 0.1) is 13.7 Å². The van der Waals surface area contributed by atoms with Crippen molar-refractivity contribution in [3.05, 3.63) is 65.2 Å². The Hall–Kier alpha value is -2.67. The predicted molar refractivity (Wildman–Crippen MR) is 103 cm³/mol. The molecule has 0 atom stereocenters. The molecule has 0 aromatic heterocycles. The fourth-order valence-corrected chi connectivity index (χ4v) is 3.34. The molecule has 5 nitrogen and oxygen atoms in total.